The van der Waals surface area contributed by atoms with Gasteiger partial charge in [0.05, 0.1) is 0 Å². The number of rotatable bonds is 0. The molecule has 0 aromatic rings. The fraction of sp³-hybridized carbons (Fsp3) is 0. The second-order valence-corrected chi connectivity index (χ2v) is 0.893. The highest BCUT2D eigenvalue weighted by Gasteiger charge is 1.95. The Morgan fingerprint density at radius 2 is 0.818 bits per heavy atom. The first-order valence-corrected chi connectivity index (χ1v) is 1.43. The Balaban J connectivity index is -0.0000000125. The second-order valence-electron chi connectivity index (χ2n) is 0.534. The van der Waals surface area contributed by atoms with Crippen molar-refractivity contribution in [1.29, 1.82) is 0 Å². The van der Waals surface area contributed by atoms with Crippen molar-refractivity contribution in [3.63, 3.8) is 0 Å². The van der Waals surface area contributed by atoms with Crippen molar-refractivity contribution in [3.05, 3.63) is 11.2 Å². The van der Waals surface area contributed by atoms with Crippen LogP contribution in [0.25, 0.3) is 0 Å². The van der Waals surface area contributed by atoms with Crippen molar-refractivity contribution >= 4 is 12.6 Å². The average molecular weight is 213 g/mol. The molecule has 0 atom stereocenters. The first-order valence-electron chi connectivity index (χ1n) is 1.02. The van der Waals surface area contributed by atoms with E-state index in [9.17, 15) is 13.2 Å². The minimum Gasteiger partial charge on any atom is -0.269 e. The maximum atomic E-state index is 10.8. The normalized spacial score (nSPS) is 4.27. The summed E-state index contributed by atoms with van der Waals surface area (Å²) in [4.78, 5) is 0. The monoisotopic (exact) mass is 213 g/mol. The summed E-state index contributed by atoms with van der Waals surface area (Å²) in [6.07, 6.45) is -2.43. The zero-order valence-corrected chi connectivity index (χ0v) is 5.40. The van der Waals surface area contributed by atoms with E-state index >= 15 is 0 Å². The van der Waals surface area contributed by atoms with Crippen LogP contribution in [0, 0.1) is 0 Å². The van der Waals surface area contributed by atoms with Gasteiger partial charge in [-0.25, -0.2) is 0 Å². The molecule has 0 saturated carbocycles. The van der Waals surface area contributed by atoms with Crippen LogP contribution >= 0.6 is 12.6 Å². The van der Waals surface area contributed by atoms with E-state index < -0.39 is 11.2 Å². The van der Waals surface area contributed by atoms with Crippen LogP contribution < -0.4 is 0 Å². The van der Waals surface area contributed by atoms with E-state index in [0.717, 1.165) is 0 Å². The molecule has 0 spiro atoms. The van der Waals surface area contributed by atoms with Gasteiger partial charge in [-0.05, 0) is 12.6 Å². The van der Waals surface area contributed by atoms with Crippen LogP contribution in [0.5, 0.6) is 0 Å². The molecule has 0 bridgehead atoms. The average Bonchev–Trinajstić information content (AvgIpc) is 1.36. The van der Waals surface area contributed by atoms with Gasteiger partial charge in [-0.3, -0.25) is 23.5 Å². The van der Waals surface area contributed by atoms with Crippen LogP contribution in [0.2, 0.25) is 0 Å². The maximum Gasteiger partial charge on any atom is 0.316 e. The molecule has 0 aliphatic rings. The number of hydrogen-bond acceptors (Lipinski definition) is 0. The molecule has 0 nitrogen and oxygen atoms in total. The lowest BCUT2D eigenvalue weighted by atomic mass is 11.1. The molecule has 0 fully saturated rings. The Labute approximate surface area is 61.7 Å². The molecular formula is C2H5F8S. The highest BCUT2D eigenvalue weighted by molar-refractivity contribution is 7.84. The minimum absolute atomic E-state index is 0. The Morgan fingerprint density at radius 1 is 0.727 bits per heavy atom. The number of hydrogen-bond donors (Lipinski definition) is 0. The first-order chi connectivity index (χ1) is 2.64. The second kappa shape index (κ2) is 22.7. The summed E-state index contributed by atoms with van der Waals surface area (Å²) in [5, 5.41) is -1.82. The molecule has 0 aromatic carbocycles. The van der Waals surface area contributed by atoms with E-state index in [2.05, 4.69) is 12.6 Å². The van der Waals surface area contributed by atoms with Gasteiger partial charge >= 0.3 is 6.08 Å². The third-order valence-corrected chi connectivity index (χ3v) is 0.303. The maximum absolute atomic E-state index is 10.8. The SMILES string of the molecule is F.F.F.F.F.FC(F)=C(F)[S]. The molecule has 11 heavy (non-hydrogen) atoms. The van der Waals surface area contributed by atoms with Crippen LogP contribution in [-0.2, 0) is 0 Å². The van der Waals surface area contributed by atoms with Gasteiger partial charge in [0.1, 0.15) is 0 Å². The molecule has 0 heterocycles. The van der Waals surface area contributed by atoms with Crippen LogP contribution in [0.15, 0.2) is 11.2 Å². The topological polar surface area (TPSA) is 0 Å². The van der Waals surface area contributed by atoms with Gasteiger partial charge in [-0.1, -0.05) is 0 Å². The van der Waals surface area contributed by atoms with Gasteiger partial charge in [0, 0.05) is 0 Å². The van der Waals surface area contributed by atoms with Crippen molar-refractivity contribution in [2.45, 2.75) is 0 Å². The summed E-state index contributed by atoms with van der Waals surface area (Å²) in [6.45, 7) is 0. The van der Waals surface area contributed by atoms with E-state index in [1.54, 1.807) is 0 Å². The molecular weight excluding hydrogens is 208 g/mol. The first kappa shape index (κ1) is 47.5. The van der Waals surface area contributed by atoms with Crippen molar-refractivity contribution in [2.24, 2.45) is 0 Å². The smallest absolute Gasteiger partial charge is 0.269 e. The van der Waals surface area contributed by atoms with E-state index in [1.165, 1.54) is 0 Å². The summed E-state index contributed by atoms with van der Waals surface area (Å²) in [5.74, 6) is 0. The van der Waals surface area contributed by atoms with Crippen molar-refractivity contribution in [1.82, 2.24) is 0 Å². The van der Waals surface area contributed by atoms with Gasteiger partial charge < -0.3 is 0 Å². The predicted molar refractivity (Wildman–Crippen MR) is 30.5 cm³/mol. The summed E-state index contributed by atoms with van der Waals surface area (Å²) in [5.41, 5.74) is 0. The molecule has 75 valence electrons. The molecule has 0 unspecified atom stereocenters. The van der Waals surface area contributed by atoms with Crippen molar-refractivity contribution < 1.29 is 36.7 Å². The van der Waals surface area contributed by atoms with Gasteiger partial charge in [-0.15, -0.1) is 0 Å². The molecule has 1 radical (unpaired) electrons. The molecule has 0 aromatic heterocycles. The minimum atomic E-state index is -2.43. The lowest BCUT2D eigenvalue weighted by Gasteiger charge is -1.70. The molecule has 9 heteroatoms. The van der Waals surface area contributed by atoms with Gasteiger partial charge in [-0.2, -0.15) is 13.2 Å². The van der Waals surface area contributed by atoms with Gasteiger partial charge in [0.2, 0.25) is 0 Å². The Kier molecular flexibility index (Phi) is 98.1. The summed E-state index contributed by atoms with van der Waals surface area (Å²) in [6, 6.07) is 0. The highest BCUT2D eigenvalue weighted by atomic mass is 32.1. The molecule has 0 aliphatic carbocycles. The third kappa shape index (κ3) is 44.5. The standard InChI is InChI=1S/C2F3S.5FH/c3-1(4)2(5)6;;;;;/h;5*1H. The number of halogens is 8. The van der Waals surface area contributed by atoms with Crippen molar-refractivity contribution in [2.75, 3.05) is 0 Å². The molecule has 0 N–H and O–H groups in total. The van der Waals surface area contributed by atoms with Crippen LogP contribution in [0.4, 0.5) is 36.7 Å². The quantitative estimate of drug-likeness (QED) is 0.542. The van der Waals surface area contributed by atoms with E-state index in [4.69, 9.17) is 0 Å². The highest BCUT2D eigenvalue weighted by Crippen LogP contribution is 2.10. The fourth-order valence-corrected chi connectivity index (χ4v) is 0. The van der Waals surface area contributed by atoms with E-state index in [0.29, 0.717) is 0 Å². The summed E-state index contributed by atoms with van der Waals surface area (Å²) < 4.78 is 31.9. The van der Waals surface area contributed by atoms with Crippen LogP contribution in [-0.4, -0.2) is 0 Å². The molecule has 0 amide bonds. The summed E-state index contributed by atoms with van der Waals surface area (Å²) >= 11 is 3.37. The Hall–Kier alpha value is -0.600. The van der Waals surface area contributed by atoms with Gasteiger partial charge in [0.25, 0.3) is 5.16 Å². The largest absolute Gasteiger partial charge is 0.316 e. The summed E-state index contributed by atoms with van der Waals surface area (Å²) in [7, 11) is 0. The van der Waals surface area contributed by atoms with Gasteiger partial charge in [0.15, 0.2) is 0 Å². The molecule has 0 rings (SSSR count). The lowest BCUT2D eigenvalue weighted by Crippen LogP contribution is -1.54. The Bertz CT molecular complexity index is 62.2. The van der Waals surface area contributed by atoms with E-state index in [-0.39, 0.29) is 23.5 Å². The van der Waals surface area contributed by atoms with Crippen LogP contribution in [0.1, 0.15) is 0 Å². The lowest BCUT2D eigenvalue weighted by molar-refractivity contribution is 0.395. The Morgan fingerprint density at radius 3 is 0.818 bits per heavy atom. The van der Waals surface area contributed by atoms with E-state index in [1.807, 2.05) is 0 Å². The third-order valence-electron chi connectivity index (χ3n) is 0.149. The zero-order valence-electron chi connectivity index (χ0n) is 4.58. The van der Waals surface area contributed by atoms with Crippen LogP contribution in [0.3, 0.4) is 0 Å². The molecule has 0 aliphatic heterocycles. The molecule has 0 saturated heterocycles. The predicted octanol–water partition coefficient (Wildman–Crippen LogP) is 2.98. The zero-order chi connectivity index (χ0) is 5.15. The van der Waals surface area contributed by atoms with Crippen molar-refractivity contribution in [3.8, 4) is 0 Å². The fourth-order valence-electron chi connectivity index (χ4n) is 0.